The molecule has 0 atom stereocenters. The summed E-state index contributed by atoms with van der Waals surface area (Å²) in [6, 6.07) is 7.23. The van der Waals surface area contributed by atoms with Gasteiger partial charge in [0.05, 0.1) is 16.8 Å². The minimum atomic E-state index is -4.70. The average Bonchev–Trinajstić information content (AvgIpc) is 2.57. The summed E-state index contributed by atoms with van der Waals surface area (Å²) < 4.78 is 57.2. The molecule has 2 rings (SSSR count). The molecule has 2 aromatic carbocycles. The number of likely N-dealkylation sites (N-methyl/N-ethyl adjacent to an activating group) is 1. The molecule has 0 aromatic heterocycles. The molecule has 0 fully saturated rings. The Bertz CT molecular complexity index is 770. The van der Waals surface area contributed by atoms with E-state index in [1.165, 1.54) is 18.3 Å². The van der Waals surface area contributed by atoms with Gasteiger partial charge < -0.3 is 14.5 Å². The van der Waals surface area contributed by atoms with Gasteiger partial charge in [-0.05, 0) is 56.1 Å². The van der Waals surface area contributed by atoms with E-state index in [2.05, 4.69) is 5.16 Å². The molecule has 0 unspecified atom stereocenters. The summed E-state index contributed by atoms with van der Waals surface area (Å²) in [5, 5.41) is 3.34. The third-order valence-electron chi connectivity index (χ3n) is 3.33. The fraction of sp³-hybridized carbons (Fsp3) is 0.278. The Kier molecular flexibility index (Phi) is 7.04. The smallest absolute Gasteiger partial charge is 0.416 e. The van der Waals surface area contributed by atoms with Crippen molar-refractivity contribution in [2.45, 2.75) is 6.18 Å². The molecule has 0 radical (unpaired) electrons. The normalized spacial score (nSPS) is 12.0. The largest absolute Gasteiger partial charge is 0.453 e. The zero-order valence-electron chi connectivity index (χ0n) is 14.6. The van der Waals surface area contributed by atoms with E-state index in [1.54, 1.807) is 12.1 Å². The first-order chi connectivity index (χ1) is 12.7. The van der Waals surface area contributed by atoms with Crippen molar-refractivity contribution >= 4 is 17.8 Å². The Morgan fingerprint density at radius 2 is 1.81 bits per heavy atom. The number of alkyl halides is 3. The van der Waals surface area contributed by atoms with Crippen molar-refractivity contribution in [1.29, 1.82) is 0 Å². The first-order valence-corrected chi connectivity index (χ1v) is 8.19. The fourth-order valence-corrected chi connectivity index (χ4v) is 2.18. The van der Waals surface area contributed by atoms with Crippen molar-refractivity contribution in [1.82, 2.24) is 4.90 Å². The van der Waals surface area contributed by atoms with Crippen LogP contribution in [0.25, 0.3) is 0 Å². The third-order valence-corrected chi connectivity index (χ3v) is 3.61. The second-order valence-corrected chi connectivity index (χ2v) is 6.22. The van der Waals surface area contributed by atoms with Gasteiger partial charge in [-0.25, -0.2) is 4.39 Å². The van der Waals surface area contributed by atoms with Gasteiger partial charge in [0.15, 0.2) is 11.6 Å². The molecule has 0 aliphatic rings. The van der Waals surface area contributed by atoms with Crippen LogP contribution in [-0.2, 0) is 11.0 Å². The molecule has 0 bridgehead atoms. The second kappa shape index (κ2) is 9.05. The molecule has 27 heavy (non-hydrogen) atoms. The van der Waals surface area contributed by atoms with Gasteiger partial charge in [-0.3, -0.25) is 0 Å². The van der Waals surface area contributed by atoms with Crippen molar-refractivity contribution in [3.8, 4) is 11.5 Å². The summed E-state index contributed by atoms with van der Waals surface area (Å²) in [6.45, 7) is 1.17. The second-order valence-electron chi connectivity index (χ2n) is 5.81. The summed E-state index contributed by atoms with van der Waals surface area (Å²) >= 11 is 5.74. The predicted octanol–water partition coefficient (Wildman–Crippen LogP) is 5.20. The number of hydrogen-bond donors (Lipinski definition) is 0. The fourth-order valence-electron chi connectivity index (χ4n) is 1.94. The molecular formula is C18H17ClF4N2O2. The zero-order chi connectivity index (χ0) is 20.0. The summed E-state index contributed by atoms with van der Waals surface area (Å²) in [6.07, 6.45) is -3.20. The number of nitrogens with zero attached hydrogens (tertiary/aromatic N) is 2. The average molecular weight is 405 g/mol. The highest BCUT2D eigenvalue weighted by molar-refractivity contribution is 6.32. The van der Waals surface area contributed by atoms with Crippen LogP contribution in [0.3, 0.4) is 0 Å². The highest BCUT2D eigenvalue weighted by Crippen LogP contribution is 2.38. The van der Waals surface area contributed by atoms with E-state index in [0.717, 1.165) is 6.54 Å². The van der Waals surface area contributed by atoms with E-state index in [4.69, 9.17) is 21.2 Å². The summed E-state index contributed by atoms with van der Waals surface area (Å²) in [5.74, 6) is -1.46. The lowest BCUT2D eigenvalue weighted by Crippen LogP contribution is -2.16. The van der Waals surface area contributed by atoms with Crippen molar-refractivity contribution in [2.24, 2.45) is 5.16 Å². The minimum absolute atomic E-state index is 0.209. The van der Waals surface area contributed by atoms with Crippen LogP contribution in [0.5, 0.6) is 11.5 Å². The molecule has 0 spiro atoms. The summed E-state index contributed by atoms with van der Waals surface area (Å²) in [5.41, 5.74) is -0.482. The molecule has 2 aromatic rings. The maximum absolute atomic E-state index is 14.0. The van der Waals surface area contributed by atoms with Crippen LogP contribution in [0.15, 0.2) is 41.6 Å². The minimum Gasteiger partial charge on any atom is -0.453 e. The molecule has 0 heterocycles. The lowest BCUT2D eigenvalue weighted by Gasteiger charge is -2.12. The van der Waals surface area contributed by atoms with Crippen LogP contribution >= 0.6 is 11.6 Å². The number of ether oxygens (including phenoxy) is 1. The van der Waals surface area contributed by atoms with E-state index in [9.17, 15) is 17.6 Å². The highest BCUT2D eigenvalue weighted by Gasteiger charge is 2.32. The van der Waals surface area contributed by atoms with E-state index < -0.39 is 28.3 Å². The zero-order valence-corrected chi connectivity index (χ0v) is 15.3. The first-order valence-electron chi connectivity index (χ1n) is 7.81. The molecule has 146 valence electrons. The highest BCUT2D eigenvalue weighted by atomic mass is 35.5. The third kappa shape index (κ3) is 6.41. The van der Waals surface area contributed by atoms with E-state index in [1.807, 2.05) is 19.0 Å². The maximum atomic E-state index is 14.0. The van der Waals surface area contributed by atoms with Crippen molar-refractivity contribution in [3.05, 3.63) is 58.4 Å². The van der Waals surface area contributed by atoms with Crippen molar-refractivity contribution in [3.63, 3.8) is 0 Å². The van der Waals surface area contributed by atoms with Gasteiger partial charge in [0.25, 0.3) is 0 Å². The maximum Gasteiger partial charge on any atom is 0.416 e. The van der Waals surface area contributed by atoms with Crippen LogP contribution in [0, 0.1) is 5.82 Å². The lowest BCUT2D eigenvalue weighted by molar-refractivity contribution is -0.137. The quantitative estimate of drug-likeness (QED) is 0.275. The van der Waals surface area contributed by atoms with Gasteiger partial charge in [-0.2, -0.15) is 13.2 Å². The Hall–Kier alpha value is -2.32. The Balaban J connectivity index is 2.03. The molecule has 0 aliphatic carbocycles. The van der Waals surface area contributed by atoms with Crippen LogP contribution in [-0.4, -0.2) is 38.4 Å². The number of rotatable bonds is 7. The molecule has 0 amide bonds. The SMILES string of the molecule is CN(C)CCON=Cc1ccc(Oc2c(F)cc(C(F)(F)F)cc2Cl)cc1. The molecule has 0 N–H and O–H groups in total. The van der Waals surface area contributed by atoms with Gasteiger partial charge in [-0.1, -0.05) is 16.8 Å². The Morgan fingerprint density at radius 1 is 1.15 bits per heavy atom. The number of benzene rings is 2. The molecule has 0 saturated carbocycles. The standard InChI is InChI=1S/C18H17ClF4N2O2/c1-25(2)7-8-26-24-11-12-3-5-14(6-4-12)27-17-15(19)9-13(10-16(17)20)18(21,22)23/h3-6,9-11H,7-8H2,1-2H3. The Morgan fingerprint density at radius 3 is 2.37 bits per heavy atom. The molecular weight excluding hydrogens is 388 g/mol. The van der Waals surface area contributed by atoms with Crippen molar-refractivity contribution < 1.29 is 27.1 Å². The molecule has 4 nitrogen and oxygen atoms in total. The van der Waals surface area contributed by atoms with E-state index in [0.29, 0.717) is 24.3 Å². The van der Waals surface area contributed by atoms with Crippen molar-refractivity contribution in [2.75, 3.05) is 27.2 Å². The van der Waals surface area contributed by atoms with E-state index in [-0.39, 0.29) is 5.75 Å². The number of hydrogen-bond acceptors (Lipinski definition) is 4. The monoisotopic (exact) mass is 404 g/mol. The van der Waals surface area contributed by atoms with Gasteiger partial charge >= 0.3 is 6.18 Å². The molecule has 0 saturated heterocycles. The molecule has 0 aliphatic heterocycles. The molecule has 9 heteroatoms. The van der Waals surface area contributed by atoms with Crippen LogP contribution in [0.2, 0.25) is 5.02 Å². The number of halogens is 5. The Labute approximate surface area is 158 Å². The topological polar surface area (TPSA) is 34.1 Å². The number of oxime groups is 1. The van der Waals surface area contributed by atoms with Gasteiger partial charge in [-0.15, -0.1) is 0 Å². The predicted molar refractivity (Wildman–Crippen MR) is 95.0 cm³/mol. The van der Waals surface area contributed by atoms with Gasteiger partial charge in [0.1, 0.15) is 12.4 Å². The summed E-state index contributed by atoms with van der Waals surface area (Å²) in [7, 11) is 3.83. The van der Waals surface area contributed by atoms with Crippen LogP contribution in [0.4, 0.5) is 17.6 Å². The summed E-state index contributed by atoms with van der Waals surface area (Å²) in [4.78, 5) is 7.03. The van der Waals surface area contributed by atoms with E-state index >= 15 is 0 Å². The lowest BCUT2D eigenvalue weighted by atomic mass is 10.2. The van der Waals surface area contributed by atoms with Crippen LogP contribution in [0.1, 0.15) is 11.1 Å². The van der Waals surface area contributed by atoms with Crippen LogP contribution < -0.4 is 4.74 Å². The van der Waals surface area contributed by atoms with Gasteiger partial charge in [0.2, 0.25) is 0 Å². The first kappa shape index (κ1) is 21.0. The van der Waals surface area contributed by atoms with Gasteiger partial charge in [0, 0.05) is 6.54 Å².